The predicted octanol–water partition coefficient (Wildman–Crippen LogP) is 3.18. The topological polar surface area (TPSA) is 60.9 Å². The van der Waals surface area contributed by atoms with E-state index >= 15 is 0 Å². The van der Waals surface area contributed by atoms with Crippen molar-refractivity contribution in [2.45, 2.75) is 44.2 Å². The number of hydrogen-bond acceptors (Lipinski definition) is 3. The summed E-state index contributed by atoms with van der Waals surface area (Å²) in [6.45, 7) is 4.56. The fourth-order valence-electron chi connectivity index (χ4n) is 5.12. The summed E-state index contributed by atoms with van der Waals surface area (Å²) in [5.74, 6) is -0.199. The van der Waals surface area contributed by atoms with E-state index in [-0.39, 0.29) is 36.2 Å². The maximum Gasteiger partial charge on any atom is 0.223 e. The highest BCUT2D eigenvalue weighted by atomic mass is 19.1. The van der Waals surface area contributed by atoms with Crippen LogP contribution in [0.15, 0.2) is 48.5 Å². The van der Waals surface area contributed by atoms with E-state index in [1.807, 2.05) is 43.0 Å². The van der Waals surface area contributed by atoms with Crippen LogP contribution in [0.1, 0.15) is 38.2 Å². The molecule has 0 unspecified atom stereocenters. The number of hydrogen-bond donors (Lipinski definition) is 1. The number of halogens is 1. The molecule has 4 rings (SSSR count). The van der Waals surface area contributed by atoms with Gasteiger partial charge in [0.05, 0.1) is 18.2 Å². The van der Waals surface area contributed by atoms with E-state index in [2.05, 4.69) is 0 Å². The first-order valence-corrected chi connectivity index (χ1v) is 10.5. The van der Waals surface area contributed by atoms with Crippen molar-refractivity contribution in [3.05, 3.63) is 59.9 Å². The van der Waals surface area contributed by atoms with Gasteiger partial charge < -0.3 is 14.9 Å². The summed E-state index contributed by atoms with van der Waals surface area (Å²) in [6, 6.07) is 14.1. The molecule has 0 aliphatic carbocycles. The molecule has 0 bridgehead atoms. The van der Waals surface area contributed by atoms with Crippen molar-refractivity contribution in [2.75, 3.05) is 19.7 Å². The maximum absolute atomic E-state index is 13.2. The van der Waals surface area contributed by atoms with Crippen molar-refractivity contribution in [3.63, 3.8) is 0 Å². The number of carbonyl (C=O) groups is 2. The van der Waals surface area contributed by atoms with Crippen LogP contribution in [0.4, 0.5) is 4.39 Å². The number of carbonyl (C=O) groups excluding carboxylic acids is 2. The van der Waals surface area contributed by atoms with Gasteiger partial charge in [0.1, 0.15) is 5.82 Å². The first-order chi connectivity index (χ1) is 14.4. The Morgan fingerprint density at radius 1 is 0.967 bits per heavy atom. The molecule has 2 aromatic carbocycles. The second kappa shape index (κ2) is 7.84. The van der Waals surface area contributed by atoms with Crippen molar-refractivity contribution in [1.82, 2.24) is 9.80 Å². The van der Waals surface area contributed by atoms with Crippen LogP contribution < -0.4 is 0 Å². The zero-order chi connectivity index (χ0) is 21.5. The number of rotatable bonds is 5. The standard InChI is InChI=1S/C24H27FN2O3/c1-3-21(29)26-14-24(15-26)23(20(13-28)27(24)22(30)4-2)18-7-5-16(6-8-18)17-9-11-19(25)12-10-17/h5-12,20,23,28H,3-4,13-15H2,1-2H3/t20-,23-/m1/s1. The quantitative estimate of drug-likeness (QED) is 0.824. The van der Waals surface area contributed by atoms with Gasteiger partial charge in [-0.15, -0.1) is 0 Å². The smallest absolute Gasteiger partial charge is 0.223 e. The van der Waals surface area contributed by atoms with Crippen LogP contribution in [-0.4, -0.2) is 58.0 Å². The van der Waals surface area contributed by atoms with Crippen molar-refractivity contribution in [1.29, 1.82) is 0 Å². The highest BCUT2D eigenvalue weighted by molar-refractivity contribution is 5.82. The van der Waals surface area contributed by atoms with Crippen molar-refractivity contribution in [2.24, 2.45) is 0 Å². The molecule has 2 saturated heterocycles. The molecule has 158 valence electrons. The van der Waals surface area contributed by atoms with Crippen LogP contribution in [0.5, 0.6) is 0 Å². The first-order valence-electron chi connectivity index (χ1n) is 10.5. The molecule has 2 fully saturated rings. The van der Waals surface area contributed by atoms with E-state index in [4.69, 9.17) is 0 Å². The normalized spacial score (nSPS) is 21.9. The highest BCUT2D eigenvalue weighted by Gasteiger charge is 2.67. The molecule has 2 aliphatic heterocycles. The molecule has 5 nitrogen and oxygen atoms in total. The Hall–Kier alpha value is -2.73. The van der Waals surface area contributed by atoms with Gasteiger partial charge in [0.15, 0.2) is 0 Å². The first kappa shape index (κ1) is 20.5. The summed E-state index contributed by atoms with van der Waals surface area (Å²) in [4.78, 5) is 28.4. The Morgan fingerprint density at radius 3 is 2.00 bits per heavy atom. The second-order valence-corrected chi connectivity index (χ2v) is 8.18. The molecular weight excluding hydrogens is 383 g/mol. The van der Waals surface area contributed by atoms with Gasteiger partial charge in [-0.05, 0) is 28.8 Å². The fourth-order valence-corrected chi connectivity index (χ4v) is 5.12. The molecule has 2 heterocycles. The van der Waals surface area contributed by atoms with Crippen LogP contribution >= 0.6 is 0 Å². The van der Waals surface area contributed by atoms with Gasteiger partial charge in [-0.2, -0.15) is 0 Å². The largest absolute Gasteiger partial charge is 0.394 e. The molecule has 1 N–H and O–H groups in total. The average molecular weight is 410 g/mol. The number of benzene rings is 2. The van der Waals surface area contributed by atoms with Gasteiger partial charge >= 0.3 is 0 Å². The van der Waals surface area contributed by atoms with E-state index in [0.29, 0.717) is 25.9 Å². The summed E-state index contributed by atoms with van der Waals surface area (Å²) in [7, 11) is 0. The molecule has 2 aromatic rings. The predicted molar refractivity (Wildman–Crippen MR) is 112 cm³/mol. The molecule has 2 atom stereocenters. The Labute approximate surface area is 176 Å². The van der Waals surface area contributed by atoms with Crippen molar-refractivity contribution >= 4 is 11.8 Å². The lowest BCUT2D eigenvalue weighted by atomic mass is 9.60. The summed E-state index contributed by atoms with van der Waals surface area (Å²) in [5, 5.41) is 10.1. The third kappa shape index (κ3) is 3.10. The van der Waals surface area contributed by atoms with Crippen LogP contribution in [0.3, 0.4) is 0 Å². The Balaban J connectivity index is 1.63. The van der Waals surface area contributed by atoms with Gasteiger partial charge in [0.25, 0.3) is 0 Å². The average Bonchev–Trinajstić information content (AvgIpc) is 2.73. The van der Waals surface area contributed by atoms with E-state index < -0.39 is 5.54 Å². The molecule has 6 heteroatoms. The number of amides is 2. The van der Waals surface area contributed by atoms with Crippen LogP contribution in [-0.2, 0) is 9.59 Å². The third-order valence-electron chi connectivity index (χ3n) is 6.57. The van der Waals surface area contributed by atoms with Crippen molar-refractivity contribution in [3.8, 4) is 11.1 Å². The van der Waals surface area contributed by atoms with E-state index in [9.17, 15) is 19.1 Å². The van der Waals surface area contributed by atoms with Gasteiger partial charge in [-0.3, -0.25) is 9.59 Å². The minimum Gasteiger partial charge on any atom is -0.394 e. The van der Waals surface area contributed by atoms with E-state index in [0.717, 1.165) is 16.7 Å². The van der Waals surface area contributed by atoms with E-state index in [1.54, 1.807) is 17.0 Å². The van der Waals surface area contributed by atoms with Crippen LogP contribution in [0.2, 0.25) is 0 Å². The minimum atomic E-state index is -0.442. The summed E-state index contributed by atoms with van der Waals surface area (Å²) >= 11 is 0. The van der Waals surface area contributed by atoms with Gasteiger partial charge in [0, 0.05) is 31.8 Å². The summed E-state index contributed by atoms with van der Waals surface area (Å²) in [5.41, 5.74) is 2.51. The molecule has 30 heavy (non-hydrogen) atoms. The monoisotopic (exact) mass is 410 g/mol. The Morgan fingerprint density at radius 2 is 1.50 bits per heavy atom. The summed E-state index contributed by atoms with van der Waals surface area (Å²) < 4.78 is 13.2. The van der Waals surface area contributed by atoms with Gasteiger partial charge in [-0.25, -0.2) is 4.39 Å². The molecule has 0 saturated carbocycles. The van der Waals surface area contributed by atoms with Crippen LogP contribution in [0.25, 0.3) is 11.1 Å². The fraction of sp³-hybridized carbons (Fsp3) is 0.417. The lowest BCUT2D eigenvalue weighted by molar-refractivity contribution is -0.202. The molecular formula is C24H27FN2O3. The molecule has 0 aromatic heterocycles. The maximum atomic E-state index is 13.2. The Bertz CT molecular complexity index is 936. The molecule has 1 spiro atoms. The highest BCUT2D eigenvalue weighted by Crippen LogP contribution is 2.54. The lowest BCUT2D eigenvalue weighted by Crippen LogP contribution is -2.85. The zero-order valence-corrected chi connectivity index (χ0v) is 17.3. The molecule has 2 aliphatic rings. The minimum absolute atomic E-state index is 0.0110. The zero-order valence-electron chi connectivity index (χ0n) is 17.3. The number of nitrogens with zero attached hydrogens (tertiary/aromatic N) is 2. The second-order valence-electron chi connectivity index (χ2n) is 8.18. The van der Waals surface area contributed by atoms with Crippen LogP contribution in [0, 0.1) is 5.82 Å². The summed E-state index contributed by atoms with van der Waals surface area (Å²) in [6.07, 6.45) is 0.814. The number of aliphatic hydroxyl groups excluding tert-OH is 1. The molecule has 2 amide bonds. The van der Waals surface area contributed by atoms with E-state index in [1.165, 1.54) is 12.1 Å². The number of aliphatic hydroxyl groups is 1. The van der Waals surface area contributed by atoms with Gasteiger partial charge in [0.2, 0.25) is 11.8 Å². The van der Waals surface area contributed by atoms with Crippen molar-refractivity contribution < 1.29 is 19.1 Å². The lowest BCUT2D eigenvalue weighted by Gasteiger charge is -2.70. The number of likely N-dealkylation sites (tertiary alicyclic amines) is 2. The third-order valence-corrected chi connectivity index (χ3v) is 6.57. The van der Waals surface area contributed by atoms with Gasteiger partial charge in [-0.1, -0.05) is 50.2 Å². The SMILES string of the molecule is CCC(=O)N1CC2(C1)[C@H](c1ccc(-c3ccc(F)cc3)cc1)[C@@H](CO)N2C(=O)CC. The Kier molecular flexibility index (Phi) is 5.36. The molecule has 0 radical (unpaired) electrons.